The molecular formula is C16H18FNS. The van der Waals surface area contributed by atoms with Crippen LogP contribution in [0.4, 0.5) is 10.1 Å². The Hall–Kier alpha value is -1.48. The Bertz CT molecular complexity index is 561. The number of hydrogen-bond donors (Lipinski definition) is 1. The van der Waals surface area contributed by atoms with Crippen LogP contribution < -0.4 is 5.73 Å². The maximum absolute atomic E-state index is 13.1. The second kappa shape index (κ2) is 6.11. The third-order valence-electron chi connectivity index (χ3n) is 2.91. The smallest absolute Gasteiger partial charge is 0.123 e. The molecule has 0 aliphatic carbocycles. The first-order valence-corrected chi connectivity index (χ1v) is 7.39. The van der Waals surface area contributed by atoms with Crippen LogP contribution >= 0.6 is 11.8 Å². The second-order valence-electron chi connectivity index (χ2n) is 4.83. The number of benzene rings is 2. The van der Waals surface area contributed by atoms with Crippen LogP contribution in [0.2, 0.25) is 0 Å². The standard InChI is InChI=1S/C16H18FNS/c1-11-5-12(2)7-13(6-11)9-19-10-14-8-15(17)3-4-16(14)18/h3-8H,9-10,18H2,1-2H3. The first-order chi connectivity index (χ1) is 9.04. The van der Waals surface area contributed by atoms with Gasteiger partial charge in [-0.1, -0.05) is 29.3 Å². The molecule has 0 bridgehead atoms. The van der Waals surface area contributed by atoms with Gasteiger partial charge >= 0.3 is 0 Å². The third-order valence-corrected chi connectivity index (χ3v) is 3.97. The molecule has 0 heterocycles. The molecular weight excluding hydrogens is 257 g/mol. The van der Waals surface area contributed by atoms with Crippen molar-refractivity contribution in [2.75, 3.05) is 5.73 Å². The minimum Gasteiger partial charge on any atom is -0.398 e. The molecule has 1 nitrogen and oxygen atoms in total. The molecule has 2 aromatic carbocycles. The van der Waals surface area contributed by atoms with Gasteiger partial charge in [0, 0.05) is 17.2 Å². The van der Waals surface area contributed by atoms with Crippen LogP contribution in [-0.4, -0.2) is 0 Å². The van der Waals surface area contributed by atoms with Gasteiger partial charge < -0.3 is 5.73 Å². The predicted molar refractivity (Wildman–Crippen MR) is 81.7 cm³/mol. The van der Waals surface area contributed by atoms with Gasteiger partial charge in [-0.15, -0.1) is 0 Å². The molecule has 0 amide bonds. The summed E-state index contributed by atoms with van der Waals surface area (Å²) in [6.45, 7) is 4.21. The monoisotopic (exact) mass is 275 g/mol. The van der Waals surface area contributed by atoms with E-state index in [9.17, 15) is 4.39 Å². The van der Waals surface area contributed by atoms with E-state index in [0.717, 1.165) is 17.1 Å². The normalized spacial score (nSPS) is 10.7. The fourth-order valence-electron chi connectivity index (χ4n) is 2.13. The Morgan fingerprint density at radius 3 is 2.37 bits per heavy atom. The van der Waals surface area contributed by atoms with Crippen molar-refractivity contribution >= 4 is 17.4 Å². The molecule has 2 aromatic rings. The van der Waals surface area contributed by atoms with Crippen molar-refractivity contribution in [2.45, 2.75) is 25.4 Å². The summed E-state index contributed by atoms with van der Waals surface area (Å²) in [7, 11) is 0. The molecule has 0 saturated heterocycles. The first kappa shape index (κ1) is 13.9. The van der Waals surface area contributed by atoms with Gasteiger partial charge in [0.2, 0.25) is 0 Å². The van der Waals surface area contributed by atoms with E-state index in [1.54, 1.807) is 17.8 Å². The predicted octanol–water partition coefficient (Wildman–Crippen LogP) is 4.46. The summed E-state index contributed by atoms with van der Waals surface area (Å²) >= 11 is 1.75. The summed E-state index contributed by atoms with van der Waals surface area (Å²) in [6.07, 6.45) is 0. The highest BCUT2D eigenvalue weighted by atomic mass is 32.2. The second-order valence-corrected chi connectivity index (χ2v) is 5.82. The minimum absolute atomic E-state index is 0.226. The Labute approximate surface area is 118 Å². The number of hydrogen-bond acceptors (Lipinski definition) is 2. The Morgan fingerprint density at radius 1 is 1.00 bits per heavy atom. The summed E-state index contributed by atoms with van der Waals surface area (Å²) in [5.74, 6) is 1.42. The lowest BCUT2D eigenvalue weighted by Crippen LogP contribution is -1.94. The largest absolute Gasteiger partial charge is 0.398 e. The zero-order valence-corrected chi connectivity index (χ0v) is 12.1. The molecule has 0 aliphatic heterocycles. The van der Waals surface area contributed by atoms with Crippen LogP contribution in [0.5, 0.6) is 0 Å². The highest BCUT2D eigenvalue weighted by molar-refractivity contribution is 7.97. The van der Waals surface area contributed by atoms with Gasteiger partial charge in [-0.05, 0) is 43.2 Å². The van der Waals surface area contributed by atoms with Gasteiger partial charge in [0.15, 0.2) is 0 Å². The van der Waals surface area contributed by atoms with E-state index < -0.39 is 0 Å². The third kappa shape index (κ3) is 4.00. The van der Waals surface area contributed by atoms with Gasteiger partial charge in [-0.2, -0.15) is 11.8 Å². The average Bonchev–Trinajstić information content (AvgIpc) is 2.32. The molecule has 100 valence electrons. The highest BCUT2D eigenvalue weighted by Crippen LogP contribution is 2.23. The summed E-state index contributed by atoms with van der Waals surface area (Å²) in [5.41, 5.74) is 11.2. The minimum atomic E-state index is -0.226. The van der Waals surface area contributed by atoms with Crippen LogP contribution in [0.15, 0.2) is 36.4 Å². The van der Waals surface area contributed by atoms with Gasteiger partial charge in [0.05, 0.1) is 0 Å². The van der Waals surface area contributed by atoms with Crippen molar-refractivity contribution in [3.63, 3.8) is 0 Å². The average molecular weight is 275 g/mol. The molecule has 2 rings (SSSR count). The van der Waals surface area contributed by atoms with E-state index in [2.05, 4.69) is 32.0 Å². The maximum atomic E-state index is 13.1. The highest BCUT2D eigenvalue weighted by Gasteiger charge is 2.02. The van der Waals surface area contributed by atoms with Crippen molar-refractivity contribution in [1.29, 1.82) is 0 Å². The lowest BCUT2D eigenvalue weighted by atomic mass is 10.1. The molecule has 19 heavy (non-hydrogen) atoms. The fourth-order valence-corrected chi connectivity index (χ4v) is 3.10. The lowest BCUT2D eigenvalue weighted by molar-refractivity contribution is 0.627. The Balaban J connectivity index is 1.98. The molecule has 0 unspecified atom stereocenters. The molecule has 0 saturated carbocycles. The zero-order chi connectivity index (χ0) is 13.8. The van der Waals surface area contributed by atoms with Crippen LogP contribution in [0.25, 0.3) is 0 Å². The Morgan fingerprint density at radius 2 is 1.68 bits per heavy atom. The lowest BCUT2D eigenvalue weighted by Gasteiger charge is -2.07. The molecule has 0 aliphatic rings. The number of nitrogens with two attached hydrogens (primary N) is 1. The molecule has 0 spiro atoms. The number of rotatable bonds is 4. The van der Waals surface area contributed by atoms with Crippen molar-refractivity contribution in [3.05, 3.63) is 64.5 Å². The number of halogens is 1. The molecule has 2 N–H and O–H groups in total. The molecule has 0 fully saturated rings. The van der Waals surface area contributed by atoms with Gasteiger partial charge in [0.1, 0.15) is 5.82 Å². The summed E-state index contributed by atoms with van der Waals surface area (Å²) in [4.78, 5) is 0. The molecule has 0 radical (unpaired) electrons. The van der Waals surface area contributed by atoms with Crippen molar-refractivity contribution in [1.82, 2.24) is 0 Å². The maximum Gasteiger partial charge on any atom is 0.123 e. The van der Waals surface area contributed by atoms with E-state index in [4.69, 9.17) is 5.73 Å². The van der Waals surface area contributed by atoms with E-state index in [1.165, 1.54) is 28.8 Å². The number of anilines is 1. The first-order valence-electron chi connectivity index (χ1n) is 6.23. The number of aryl methyl sites for hydroxylation is 2. The number of nitrogen functional groups attached to an aromatic ring is 1. The SMILES string of the molecule is Cc1cc(C)cc(CSCc2cc(F)ccc2N)c1. The number of thioether (sulfide) groups is 1. The van der Waals surface area contributed by atoms with Crippen LogP contribution in [0.1, 0.15) is 22.3 Å². The Kier molecular flexibility index (Phi) is 4.48. The van der Waals surface area contributed by atoms with Gasteiger partial charge in [-0.3, -0.25) is 0 Å². The summed E-state index contributed by atoms with van der Waals surface area (Å²) in [5, 5.41) is 0. The quantitative estimate of drug-likeness (QED) is 0.834. The molecule has 0 atom stereocenters. The van der Waals surface area contributed by atoms with Crippen LogP contribution in [0, 0.1) is 19.7 Å². The van der Waals surface area contributed by atoms with E-state index >= 15 is 0 Å². The van der Waals surface area contributed by atoms with Crippen LogP contribution in [0.3, 0.4) is 0 Å². The fraction of sp³-hybridized carbons (Fsp3) is 0.250. The van der Waals surface area contributed by atoms with E-state index in [-0.39, 0.29) is 5.82 Å². The van der Waals surface area contributed by atoms with Gasteiger partial charge in [-0.25, -0.2) is 4.39 Å². The zero-order valence-electron chi connectivity index (χ0n) is 11.2. The van der Waals surface area contributed by atoms with E-state index in [0.29, 0.717) is 5.69 Å². The van der Waals surface area contributed by atoms with Crippen molar-refractivity contribution in [2.24, 2.45) is 0 Å². The summed E-state index contributed by atoms with van der Waals surface area (Å²) in [6, 6.07) is 11.1. The van der Waals surface area contributed by atoms with Crippen molar-refractivity contribution in [3.8, 4) is 0 Å². The molecule has 3 heteroatoms. The van der Waals surface area contributed by atoms with E-state index in [1.807, 2.05) is 0 Å². The van der Waals surface area contributed by atoms with Crippen molar-refractivity contribution < 1.29 is 4.39 Å². The molecule has 0 aromatic heterocycles. The topological polar surface area (TPSA) is 26.0 Å². The van der Waals surface area contributed by atoms with Crippen LogP contribution in [-0.2, 0) is 11.5 Å². The summed E-state index contributed by atoms with van der Waals surface area (Å²) < 4.78 is 13.1. The van der Waals surface area contributed by atoms with Gasteiger partial charge in [0.25, 0.3) is 0 Å².